The fourth-order valence-corrected chi connectivity index (χ4v) is 1.80. The molecule has 2 aromatic rings. The summed E-state index contributed by atoms with van der Waals surface area (Å²) in [7, 11) is 0. The predicted molar refractivity (Wildman–Crippen MR) is 76.3 cm³/mol. The van der Waals surface area contributed by atoms with Crippen LogP contribution in [0.3, 0.4) is 0 Å². The van der Waals surface area contributed by atoms with Gasteiger partial charge in [-0.2, -0.15) is 5.10 Å². The Bertz CT molecular complexity index is 617. The second-order valence-electron chi connectivity index (χ2n) is 3.92. The molecule has 19 heavy (non-hydrogen) atoms. The number of rotatable bonds is 3. The molecule has 1 aromatic heterocycles. The van der Waals surface area contributed by atoms with Gasteiger partial charge in [0.2, 0.25) is 0 Å². The monoisotopic (exact) mass is 321 g/mol. The molecule has 2 rings (SSSR count). The molecule has 0 fully saturated rings. The van der Waals surface area contributed by atoms with E-state index in [0.717, 1.165) is 10.0 Å². The summed E-state index contributed by atoms with van der Waals surface area (Å²) < 4.78 is 0.803. The number of nitrogens with zero attached hydrogens (tertiary/aromatic N) is 1. The summed E-state index contributed by atoms with van der Waals surface area (Å²) in [4.78, 5) is 14.6. The van der Waals surface area contributed by atoms with E-state index in [2.05, 4.69) is 31.4 Å². The molecule has 1 heterocycles. The maximum absolute atomic E-state index is 11.7. The van der Waals surface area contributed by atoms with Gasteiger partial charge >= 0.3 is 0 Å². The number of aromatic hydroxyl groups is 1. The van der Waals surface area contributed by atoms with E-state index in [1.165, 1.54) is 0 Å². The van der Waals surface area contributed by atoms with Gasteiger partial charge in [-0.15, -0.1) is 0 Å². The first-order valence-corrected chi connectivity index (χ1v) is 6.33. The zero-order valence-electron chi connectivity index (χ0n) is 10.1. The molecule has 1 amide bonds. The van der Waals surface area contributed by atoms with Crippen molar-refractivity contribution in [2.45, 2.75) is 6.92 Å². The molecule has 3 N–H and O–H groups in total. The third kappa shape index (κ3) is 3.45. The van der Waals surface area contributed by atoms with E-state index in [9.17, 15) is 9.90 Å². The lowest BCUT2D eigenvalue weighted by Crippen LogP contribution is -2.19. The molecule has 6 heteroatoms. The van der Waals surface area contributed by atoms with E-state index in [-0.39, 0.29) is 11.7 Å². The Labute approximate surface area is 118 Å². The van der Waals surface area contributed by atoms with Gasteiger partial charge < -0.3 is 10.1 Å². The van der Waals surface area contributed by atoms with Crippen molar-refractivity contribution in [3.8, 4) is 5.75 Å². The number of aromatic nitrogens is 1. The van der Waals surface area contributed by atoms with Crippen molar-refractivity contribution in [3.05, 3.63) is 52.3 Å². The Morgan fingerprint density at radius 1 is 1.37 bits per heavy atom. The van der Waals surface area contributed by atoms with E-state index >= 15 is 0 Å². The molecule has 0 radical (unpaired) electrons. The number of nitrogens with one attached hydrogen (secondary N) is 2. The Kier molecular flexibility index (Phi) is 4.01. The maximum Gasteiger partial charge on any atom is 0.287 e. The fraction of sp³-hybridized carbons (Fsp3) is 0.0769. The Morgan fingerprint density at radius 2 is 2.05 bits per heavy atom. The number of phenolic OH excluding ortho intramolecular Hbond substituents is 1. The largest absolute Gasteiger partial charge is 0.508 e. The van der Waals surface area contributed by atoms with Gasteiger partial charge in [-0.1, -0.05) is 0 Å². The minimum absolute atomic E-state index is 0.192. The molecule has 98 valence electrons. The molecule has 0 saturated carbocycles. The molecule has 0 unspecified atom stereocenters. The molecule has 0 aliphatic carbocycles. The quantitative estimate of drug-likeness (QED) is 0.600. The lowest BCUT2D eigenvalue weighted by atomic mass is 10.1. The van der Waals surface area contributed by atoms with E-state index in [1.54, 1.807) is 43.5 Å². The molecule has 0 aliphatic heterocycles. The second-order valence-corrected chi connectivity index (χ2v) is 4.83. The number of H-pyrrole nitrogens is 1. The number of halogens is 1. The first-order chi connectivity index (χ1) is 9.06. The maximum atomic E-state index is 11.7. The standard InChI is InChI=1S/C13H12BrN3O2/c1-8(9-2-4-11(18)5-3-9)16-17-13(19)12-6-10(14)7-15-12/h2-7,15,18H,1H3,(H,17,19)/b16-8+. The topological polar surface area (TPSA) is 77.5 Å². The number of aromatic amines is 1. The van der Waals surface area contributed by atoms with Crippen LogP contribution in [0.1, 0.15) is 23.0 Å². The first kappa shape index (κ1) is 13.4. The molecule has 0 atom stereocenters. The number of hydrogen-bond donors (Lipinski definition) is 3. The van der Waals surface area contributed by atoms with Crippen LogP contribution in [-0.4, -0.2) is 21.7 Å². The van der Waals surface area contributed by atoms with Crippen LogP contribution < -0.4 is 5.43 Å². The van der Waals surface area contributed by atoms with Crippen molar-refractivity contribution >= 4 is 27.5 Å². The number of carbonyl (C=O) groups excluding carboxylic acids is 1. The van der Waals surface area contributed by atoms with Crippen LogP contribution >= 0.6 is 15.9 Å². The van der Waals surface area contributed by atoms with Crippen molar-refractivity contribution in [1.29, 1.82) is 0 Å². The average molecular weight is 322 g/mol. The molecular weight excluding hydrogens is 310 g/mol. The second kappa shape index (κ2) is 5.71. The molecule has 0 bridgehead atoms. The van der Waals surface area contributed by atoms with Gasteiger partial charge in [-0.25, -0.2) is 5.43 Å². The van der Waals surface area contributed by atoms with E-state index in [0.29, 0.717) is 11.4 Å². The van der Waals surface area contributed by atoms with E-state index < -0.39 is 0 Å². The highest BCUT2D eigenvalue weighted by Crippen LogP contribution is 2.11. The van der Waals surface area contributed by atoms with Crippen molar-refractivity contribution in [3.63, 3.8) is 0 Å². The van der Waals surface area contributed by atoms with Gasteiger partial charge in [0.25, 0.3) is 5.91 Å². The van der Waals surface area contributed by atoms with E-state index in [4.69, 9.17) is 0 Å². The zero-order valence-corrected chi connectivity index (χ0v) is 11.7. The summed E-state index contributed by atoms with van der Waals surface area (Å²) >= 11 is 3.25. The van der Waals surface area contributed by atoms with Gasteiger partial charge in [0.15, 0.2) is 0 Å². The number of carbonyl (C=O) groups is 1. The minimum Gasteiger partial charge on any atom is -0.508 e. The van der Waals surface area contributed by atoms with Crippen LogP contribution in [0.4, 0.5) is 0 Å². The van der Waals surface area contributed by atoms with Gasteiger partial charge in [0.05, 0.1) is 5.71 Å². The number of hydrogen-bond acceptors (Lipinski definition) is 3. The SMILES string of the molecule is C/C(=N\NC(=O)c1cc(Br)c[nH]1)c1ccc(O)cc1. The van der Waals surface area contributed by atoms with Crippen molar-refractivity contribution in [2.24, 2.45) is 5.10 Å². The summed E-state index contributed by atoms with van der Waals surface area (Å²) in [6, 6.07) is 8.26. The lowest BCUT2D eigenvalue weighted by molar-refractivity contribution is 0.0950. The third-order valence-electron chi connectivity index (χ3n) is 2.50. The molecule has 5 nitrogen and oxygen atoms in total. The molecule has 0 aliphatic rings. The molecule has 0 saturated heterocycles. The van der Waals surface area contributed by atoms with Crippen LogP contribution in [0.25, 0.3) is 0 Å². The van der Waals surface area contributed by atoms with E-state index in [1.807, 2.05) is 0 Å². The van der Waals surface area contributed by atoms with Crippen molar-refractivity contribution in [2.75, 3.05) is 0 Å². The van der Waals surface area contributed by atoms with Crippen molar-refractivity contribution < 1.29 is 9.90 Å². The van der Waals surface area contributed by atoms with Crippen LogP contribution in [0.2, 0.25) is 0 Å². The number of benzene rings is 1. The normalized spacial score (nSPS) is 11.4. The Morgan fingerprint density at radius 3 is 2.63 bits per heavy atom. The van der Waals surface area contributed by atoms with Crippen LogP contribution in [-0.2, 0) is 0 Å². The van der Waals surface area contributed by atoms with Crippen LogP contribution in [0.5, 0.6) is 5.75 Å². The highest BCUT2D eigenvalue weighted by molar-refractivity contribution is 9.10. The van der Waals surface area contributed by atoms with Gasteiger partial charge in [0, 0.05) is 10.7 Å². The lowest BCUT2D eigenvalue weighted by Gasteiger charge is -2.02. The number of phenols is 1. The average Bonchev–Trinajstić information content (AvgIpc) is 2.83. The van der Waals surface area contributed by atoms with Crippen molar-refractivity contribution in [1.82, 2.24) is 10.4 Å². The molecule has 1 aromatic carbocycles. The number of hydrazone groups is 1. The summed E-state index contributed by atoms with van der Waals surface area (Å²) in [6.07, 6.45) is 1.67. The third-order valence-corrected chi connectivity index (χ3v) is 2.96. The molecular formula is C13H12BrN3O2. The summed E-state index contributed by atoms with van der Waals surface area (Å²) in [5.41, 5.74) is 4.36. The van der Waals surface area contributed by atoms with Gasteiger partial charge in [0.1, 0.15) is 11.4 Å². The van der Waals surface area contributed by atoms with Crippen LogP contribution in [0, 0.1) is 0 Å². The Balaban J connectivity index is 2.06. The number of amides is 1. The van der Waals surface area contributed by atoms with Gasteiger partial charge in [-0.05, 0) is 58.7 Å². The fourth-order valence-electron chi connectivity index (χ4n) is 1.46. The highest BCUT2D eigenvalue weighted by Gasteiger charge is 2.07. The first-order valence-electron chi connectivity index (χ1n) is 5.54. The zero-order chi connectivity index (χ0) is 13.8. The summed E-state index contributed by atoms with van der Waals surface area (Å²) in [5, 5.41) is 13.2. The Hall–Kier alpha value is -2.08. The molecule has 0 spiro atoms. The predicted octanol–water partition coefficient (Wildman–Crippen LogP) is 2.64. The van der Waals surface area contributed by atoms with Crippen LogP contribution in [0.15, 0.2) is 46.1 Å². The minimum atomic E-state index is -0.316. The highest BCUT2D eigenvalue weighted by atomic mass is 79.9. The summed E-state index contributed by atoms with van der Waals surface area (Å²) in [6.45, 7) is 1.78. The summed E-state index contributed by atoms with van der Waals surface area (Å²) in [5.74, 6) is -0.124. The van der Waals surface area contributed by atoms with Gasteiger partial charge in [-0.3, -0.25) is 4.79 Å². The smallest absolute Gasteiger partial charge is 0.287 e.